The van der Waals surface area contributed by atoms with Crippen molar-refractivity contribution in [2.75, 3.05) is 26.3 Å². The lowest BCUT2D eigenvalue weighted by Crippen LogP contribution is -2.47. The molecule has 1 amide bonds. The predicted octanol–water partition coefficient (Wildman–Crippen LogP) is 1.77. The van der Waals surface area contributed by atoms with Crippen molar-refractivity contribution in [2.45, 2.75) is 38.7 Å². The van der Waals surface area contributed by atoms with Gasteiger partial charge in [-0.15, -0.1) is 0 Å². The van der Waals surface area contributed by atoms with Crippen LogP contribution in [0.5, 0.6) is 0 Å². The Hall–Kier alpha value is -1.40. The Labute approximate surface area is 138 Å². The summed E-state index contributed by atoms with van der Waals surface area (Å²) >= 11 is 0. The number of hydrogen-bond donors (Lipinski definition) is 0. The van der Waals surface area contributed by atoms with Crippen LogP contribution in [0.1, 0.15) is 29.2 Å². The van der Waals surface area contributed by atoms with Gasteiger partial charge in [-0.05, 0) is 44.4 Å². The van der Waals surface area contributed by atoms with E-state index in [0.29, 0.717) is 26.3 Å². The summed E-state index contributed by atoms with van der Waals surface area (Å²) in [6.45, 7) is 9.17. The molecular formula is C17H25NO4S. The smallest absolute Gasteiger partial charge is 0.240 e. The average Bonchev–Trinajstić information content (AvgIpc) is 2.50. The summed E-state index contributed by atoms with van der Waals surface area (Å²) in [5.74, 6) is -0.418. The van der Waals surface area contributed by atoms with E-state index in [1.54, 1.807) is 4.90 Å². The highest BCUT2D eigenvalue weighted by atomic mass is 32.2. The van der Waals surface area contributed by atoms with Gasteiger partial charge in [0.1, 0.15) is 5.25 Å². The minimum Gasteiger partial charge on any atom is -0.378 e. The van der Waals surface area contributed by atoms with Crippen LogP contribution in [0.4, 0.5) is 0 Å². The van der Waals surface area contributed by atoms with Crippen molar-refractivity contribution in [1.82, 2.24) is 4.90 Å². The van der Waals surface area contributed by atoms with Gasteiger partial charge in [-0.2, -0.15) is 0 Å². The monoisotopic (exact) mass is 339 g/mol. The zero-order valence-electron chi connectivity index (χ0n) is 14.3. The summed E-state index contributed by atoms with van der Waals surface area (Å²) < 4.78 is 30.6. The molecule has 2 rings (SSSR count). The first-order valence-corrected chi connectivity index (χ1v) is 9.58. The second kappa shape index (κ2) is 7.01. The molecule has 1 aliphatic heterocycles. The molecule has 1 atom stereocenters. The van der Waals surface area contributed by atoms with Crippen LogP contribution < -0.4 is 0 Å². The summed E-state index contributed by atoms with van der Waals surface area (Å²) in [4.78, 5) is 14.0. The number of benzene rings is 1. The molecule has 1 fully saturated rings. The third-order valence-corrected chi connectivity index (χ3v) is 6.37. The highest BCUT2D eigenvalue weighted by Gasteiger charge is 2.33. The molecule has 1 aromatic rings. The van der Waals surface area contributed by atoms with Gasteiger partial charge in [0, 0.05) is 13.1 Å². The molecule has 6 heteroatoms. The lowest BCUT2D eigenvalue weighted by atomic mass is 10.0. The standard InChI is InChI=1S/C17H25NO4S/c1-12-9-13(2)16(14(3)10-12)11-23(20,21)15(4)17(19)18-5-7-22-8-6-18/h9-10,15H,5-8,11H2,1-4H3. The number of aryl methyl sites for hydroxylation is 3. The molecule has 23 heavy (non-hydrogen) atoms. The van der Waals surface area contributed by atoms with Gasteiger partial charge in [-0.3, -0.25) is 4.79 Å². The SMILES string of the molecule is Cc1cc(C)c(CS(=O)(=O)C(C)C(=O)N2CCOCC2)c(C)c1. The van der Waals surface area contributed by atoms with Gasteiger partial charge in [0.25, 0.3) is 0 Å². The molecule has 1 heterocycles. The lowest BCUT2D eigenvalue weighted by molar-refractivity contribution is -0.134. The molecule has 1 aliphatic rings. The van der Waals surface area contributed by atoms with E-state index in [2.05, 4.69) is 0 Å². The van der Waals surface area contributed by atoms with E-state index in [1.165, 1.54) is 6.92 Å². The number of amides is 1. The summed E-state index contributed by atoms with van der Waals surface area (Å²) in [6.07, 6.45) is 0. The summed E-state index contributed by atoms with van der Waals surface area (Å²) in [5, 5.41) is -1.03. The lowest BCUT2D eigenvalue weighted by Gasteiger charge is -2.29. The Kier molecular flexibility index (Phi) is 5.47. The molecule has 0 spiro atoms. The fourth-order valence-corrected chi connectivity index (χ4v) is 4.52. The zero-order chi connectivity index (χ0) is 17.2. The molecule has 1 saturated heterocycles. The van der Waals surface area contributed by atoms with E-state index in [1.807, 2.05) is 32.9 Å². The largest absolute Gasteiger partial charge is 0.378 e. The number of ether oxygens (including phenoxy) is 1. The van der Waals surface area contributed by atoms with Crippen molar-refractivity contribution < 1.29 is 17.9 Å². The van der Waals surface area contributed by atoms with E-state index in [4.69, 9.17) is 4.74 Å². The van der Waals surface area contributed by atoms with E-state index in [0.717, 1.165) is 22.3 Å². The maximum absolute atomic E-state index is 12.7. The van der Waals surface area contributed by atoms with Gasteiger partial charge < -0.3 is 9.64 Å². The van der Waals surface area contributed by atoms with Crippen LogP contribution in [-0.4, -0.2) is 50.8 Å². The second-order valence-corrected chi connectivity index (χ2v) is 8.59. The molecular weight excluding hydrogens is 314 g/mol. The molecule has 0 bridgehead atoms. The molecule has 1 unspecified atom stereocenters. The number of carbonyl (C=O) groups is 1. The van der Waals surface area contributed by atoms with Crippen molar-refractivity contribution in [3.63, 3.8) is 0 Å². The van der Waals surface area contributed by atoms with Crippen LogP contribution >= 0.6 is 0 Å². The topological polar surface area (TPSA) is 63.7 Å². The van der Waals surface area contributed by atoms with Gasteiger partial charge >= 0.3 is 0 Å². The minimum absolute atomic E-state index is 0.0950. The summed E-state index contributed by atoms with van der Waals surface area (Å²) in [6, 6.07) is 3.96. The maximum atomic E-state index is 12.7. The average molecular weight is 339 g/mol. The Bertz CT molecular complexity index is 668. The van der Waals surface area contributed by atoms with Crippen LogP contribution in [-0.2, 0) is 25.1 Å². The molecule has 0 N–H and O–H groups in total. The van der Waals surface area contributed by atoms with Crippen LogP contribution in [0.15, 0.2) is 12.1 Å². The fourth-order valence-electron chi connectivity index (χ4n) is 2.96. The number of rotatable bonds is 4. The molecule has 128 valence electrons. The van der Waals surface area contributed by atoms with Crippen molar-refractivity contribution >= 4 is 15.7 Å². The second-order valence-electron chi connectivity index (χ2n) is 6.26. The Morgan fingerprint density at radius 2 is 1.70 bits per heavy atom. The summed E-state index contributed by atoms with van der Waals surface area (Å²) in [5.41, 5.74) is 3.82. The third-order valence-electron chi connectivity index (χ3n) is 4.40. The number of morpholine rings is 1. The highest BCUT2D eigenvalue weighted by molar-refractivity contribution is 7.92. The van der Waals surface area contributed by atoms with Gasteiger partial charge in [0.2, 0.25) is 5.91 Å². The van der Waals surface area contributed by atoms with Crippen LogP contribution in [0.25, 0.3) is 0 Å². The number of hydrogen-bond acceptors (Lipinski definition) is 4. The van der Waals surface area contributed by atoms with Crippen molar-refractivity contribution in [3.05, 3.63) is 34.4 Å². The minimum atomic E-state index is -3.55. The van der Waals surface area contributed by atoms with E-state index >= 15 is 0 Å². The Morgan fingerprint density at radius 1 is 1.17 bits per heavy atom. The predicted molar refractivity (Wildman–Crippen MR) is 90.1 cm³/mol. The Morgan fingerprint density at radius 3 is 2.22 bits per heavy atom. The highest BCUT2D eigenvalue weighted by Crippen LogP contribution is 2.21. The van der Waals surface area contributed by atoms with Crippen LogP contribution in [0, 0.1) is 20.8 Å². The first kappa shape index (κ1) is 17.9. The van der Waals surface area contributed by atoms with E-state index in [-0.39, 0.29) is 11.7 Å². The van der Waals surface area contributed by atoms with E-state index in [9.17, 15) is 13.2 Å². The van der Waals surface area contributed by atoms with Gasteiger partial charge in [0.15, 0.2) is 9.84 Å². The van der Waals surface area contributed by atoms with Crippen LogP contribution in [0.3, 0.4) is 0 Å². The van der Waals surface area contributed by atoms with Crippen molar-refractivity contribution in [1.29, 1.82) is 0 Å². The van der Waals surface area contributed by atoms with Gasteiger partial charge in [-0.1, -0.05) is 17.7 Å². The quantitative estimate of drug-likeness (QED) is 0.839. The molecule has 0 aromatic heterocycles. The molecule has 0 radical (unpaired) electrons. The van der Waals surface area contributed by atoms with Gasteiger partial charge in [-0.25, -0.2) is 8.42 Å². The first-order valence-electron chi connectivity index (χ1n) is 7.87. The molecule has 5 nitrogen and oxygen atoms in total. The number of sulfone groups is 1. The Balaban J connectivity index is 2.19. The molecule has 0 aliphatic carbocycles. The number of nitrogens with zero attached hydrogens (tertiary/aromatic N) is 1. The van der Waals surface area contributed by atoms with Crippen molar-refractivity contribution in [3.8, 4) is 0 Å². The molecule has 1 aromatic carbocycles. The summed E-state index contributed by atoms with van der Waals surface area (Å²) in [7, 11) is -3.55. The van der Waals surface area contributed by atoms with Crippen LogP contribution in [0.2, 0.25) is 0 Å². The maximum Gasteiger partial charge on any atom is 0.240 e. The third kappa shape index (κ3) is 4.12. The molecule has 0 saturated carbocycles. The zero-order valence-corrected chi connectivity index (χ0v) is 15.1. The number of carbonyl (C=O) groups excluding carboxylic acids is 1. The fraction of sp³-hybridized carbons (Fsp3) is 0.588. The normalized spacial score (nSPS) is 17.1. The first-order chi connectivity index (χ1) is 10.7. The van der Waals surface area contributed by atoms with Crippen molar-refractivity contribution in [2.24, 2.45) is 0 Å². The van der Waals surface area contributed by atoms with Gasteiger partial charge in [0.05, 0.1) is 19.0 Å². The van der Waals surface area contributed by atoms with E-state index < -0.39 is 15.1 Å².